The number of carbonyl (C=O) groups is 1. The number of aliphatic hydroxyl groups excluding tert-OH is 2. The van der Waals surface area contributed by atoms with E-state index in [0.717, 1.165) is 0 Å². The Morgan fingerprint density at radius 1 is 1.47 bits per heavy atom. The van der Waals surface area contributed by atoms with E-state index in [1.54, 1.807) is 0 Å². The summed E-state index contributed by atoms with van der Waals surface area (Å²) >= 11 is 5.68. The predicted octanol–water partition coefficient (Wildman–Crippen LogP) is -0.138. The second kappa shape index (κ2) is 4.28. The maximum atomic E-state index is 10.6. The molecule has 2 aromatic heterocycles. The molecule has 8 heteroatoms. The molecule has 7 nitrogen and oxygen atoms in total. The molecule has 2 atom stereocenters. The zero-order chi connectivity index (χ0) is 12.6. The van der Waals surface area contributed by atoms with Crippen LogP contribution in [0.3, 0.4) is 0 Å². The molecule has 2 heterocycles. The number of aromatic nitrogens is 3. The smallest absolute Gasteiger partial charge is 0.335 e. The lowest BCUT2D eigenvalue weighted by molar-refractivity contribution is -0.153. The number of aliphatic carboxylic acids is 1. The van der Waals surface area contributed by atoms with Gasteiger partial charge in [0.25, 0.3) is 0 Å². The summed E-state index contributed by atoms with van der Waals surface area (Å²) in [6.07, 6.45) is -0.816. The fraction of sp³-hybridized carbons (Fsp3) is 0.222. The standard InChI is InChI=1S/C9H8ClN3O4/c10-5-1-2-13-8(12-5)4(3-11-13)6(14)7(15)9(16)17/h1-3,6-7,14-15H,(H,16,17). The van der Waals surface area contributed by atoms with Crippen LogP contribution in [0.25, 0.3) is 5.65 Å². The average Bonchev–Trinajstić information content (AvgIpc) is 2.69. The van der Waals surface area contributed by atoms with Gasteiger partial charge in [0.05, 0.1) is 6.20 Å². The van der Waals surface area contributed by atoms with Crippen LogP contribution in [0.5, 0.6) is 0 Å². The van der Waals surface area contributed by atoms with Crippen LogP contribution in [0.4, 0.5) is 0 Å². The van der Waals surface area contributed by atoms with Gasteiger partial charge in [0, 0.05) is 11.8 Å². The third kappa shape index (κ3) is 2.07. The third-order valence-electron chi connectivity index (χ3n) is 2.23. The summed E-state index contributed by atoms with van der Waals surface area (Å²) in [5, 5.41) is 31.5. The second-order valence-electron chi connectivity index (χ2n) is 3.35. The fourth-order valence-corrected chi connectivity index (χ4v) is 1.51. The van der Waals surface area contributed by atoms with Gasteiger partial charge in [-0.1, -0.05) is 11.6 Å². The number of aliphatic hydroxyl groups is 2. The minimum absolute atomic E-state index is 0.0994. The summed E-state index contributed by atoms with van der Waals surface area (Å²) < 4.78 is 1.32. The molecule has 2 unspecified atom stereocenters. The summed E-state index contributed by atoms with van der Waals surface area (Å²) in [5.74, 6) is -1.53. The highest BCUT2D eigenvalue weighted by atomic mass is 35.5. The quantitative estimate of drug-likeness (QED) is 0.661. The highest BCUT2D eigenvalue weighted by Gasteiger charge is 2.28. The highest BCUT2D eigenvalue weighted by Crippen LogP contribution is 2.21. The van der Waals surface area contributed by atoms with Crippen molar-refractivity contribution in [2.75, 3.05) is 0 Å². The predicted molar refractivity (Wildman–Crippen MR) is 56.6 cm³/mol. The van der Waals surface area contributed by atoms with Crippen LogP contribution in [0, 0.1) is 0 Å². The molecule has 3 N–H and O–H groups in total. The first-order valence-electron chi connectivity index (χ1n) is 4.59. The summed E-state index contributed by atoms with van der Waals surface area (Å²) in [7, 11) is 0. The average molecular weight is 258 g/mol. The molecule has 17 heavy (non-hydrogen) atoms. The molecule has 0 aliphatic carbocycles. The van der Waals surface area contributed by atoms with Gasteiger partial charge in [0.15, 0.2) is 11.8 Å². The molecule has 0 spiro atoms. The Labute approximate surface area is 99.9 Å². The normalized spacial score (nSPS) is 14.8. The van der Waals surface area contributed by atoms with Crippen LogP contribution in [0.15, 0.2) is 18.5 Å². The first kappa shape index (κ1) is 11.8. The molecule has 0 bridgehead atoms. The highest BCUT2D eigenvalue weighted by molar-refractivity contribution is 6.29. The Morgan fingerprint density at radius 2 is 2.18 bits per heavy atom. The Balaban J connectivity index is 2.48. The molecule has 0 aliphatic rings. The number of nitrogens with zero attached hydrogens (tertiary/aromatic N) is 3. The van der Waals surface area contributed by atoms with Crippen LogP contribution in [-0.2, 0) is 4.79 Å². The van der Waals surface area contributed by atoms with E-state index in [1.807, 2.05) is 0 Å². The van der Waals surface area contributed by atoms with E-state index in [2.05, 4.69) is 10.1 Å². The summed E-state index contributed by atoms with van der Waals surface area (Å²) in [6.45, 7) is 0. The van der Waals surface area contributed by atoms with Gasteiger partial charge in [-0.15, -0.1) is 0 Å². The van der Waals surface area contributed by atoms with Gasteiger partial charge in [-0.25, -0.2) is 14.3 Å². The number of rotatable bonds is 3. The number of carboxylic acids is 1. The van der Waals surface area contributed by atoms with E-state index in [-0.39, 0.29) is 16.4 Å². The van der Waals surface area contributed by atoms with E-state index in [1.165, 1.54) is 23.0 Å². The molecule has 2 rings (SSSR count). The van der Waals surface area contributed by atoms with Gasteiger partial charge in [0.1, 0.15) is 11.3 Å². The van der Waals surface area contributed by atoms with Crippen molar-refractivity contribution in [2.24, 2.45) is 0 Å². The second-order valence-corrected chi connectivity index (χ2v) is 3.73. The third-order valence-corrected chi connectivity index (χ3v) is 2.44. The number of carboxylic acid groups (broad SMARTS) is 1. The molecule has 90 valence electrons. The van der Waals surface area contributed by atoms with Gasteiger partial charge >= 0.3 is 5.97 Å². The summed E-state index contributed by atoms with van der Waals surface area (Å²) in [5.41, 5.74) is 0.299. The maximum Gasteiger partial charge on any atom is 0.335 e. The molecule has 0 amide bonds. The van der Waals surface area contributed by atoms with Crippen molar-refractivity contribution in [3.8, 4) is 0 Å². The first-order valence-corrected chi connectivity index (χ1v) is 4.97. The number of hydrogen-bond acceptors (Lipinski definition) is 5. The Morgan fingerprint density at radius 3 is 2.82 bits per heavy atom. The zero-order valence-electron chi connectivity index (χ0n) is 8.36. The van der Waals surface area contributed by atoms with Crippen molar-refractivity contribution in [2.45, 2.75) is 12.2 Å². The van der Waals surface area contributed by atoms with Crippen molar-refractivity contribution < 1.29 is 20.1 Å². The molecule has 0 aliphatic heterocycles. The lowest BCUT2D eigenvalue weighted by Crippen LogP contribution is -2.27. The van der Waals surface area contributed by atoms with Crippen molar-refractivity contribution in [1.29, 1.82) is 0 Å². The maximum absolute atomic E-state index is 10.6. The van der Waals surface area contributed by atoms with Gasteiger partial charge in [0.2, 0.25) is 0 Å². The molecule has 0 radical (unpaired) electrons. The lowest BCUT2D eigenvalue weighted by atomic mass is 10.1. The summed E-state index contributed by atoms with van der Waals surface area (Å²) in [4.78, 5) is 14.5. The minimum atomic E-state index is -1.94. The lowest BCUT2D eigenvalue weighted by Gasteiger charge is -2.12. The van der Waals surface area contributed by atoms with Gasteiger partial charge < -0.3 is 15.3 Å². The van der Waals surface area contributed by atoms with Crippen molar-refractivity contribution >= 4 is 23.2 Å². The number of fused-ring (bicyclic) bond motifs is 1. The van der Waals surface area contributed by atoms with Gasteiger partial charge in [-0.2, -0.15) is 5.10 Å². The monoisotopic (exact) mass is 257 g/mol. The zero-order valence-corrected chi connectivity index (χ0v) is 9.11. The molecular weight excluding hydrogens is 250 g/mol. The van der Waals surface area contributed by atoms with Crippen molar-refractivity contribution in [1.82, 2.24) is 14.6 Å². The van der Waals surface area contributed by atoms with E-state index in [0.29, 0.717) is 0 Å². The van der Waals surface area contributed by atoms with Gasteiger partial charge in [-0.05, 0) is 6.07 Å². The fourth-order valence-electron chi connectivity index (χ4n) is 1.38. The van der Waals surface area contributed by atoms with E-state index >= 15 is 0 Å². The molecular formula is C9H8ClN3O4. The van der Waals surface area contributed by atoms with Crippen LogP contribution in [0.2, 0.25) is 5.15 Å². The number of halogens is 1. The Kier molecular flexibility index (Phi) is 2.97. The van der Waals surface area contributed by atoms with Crippen molar-refractivity contribution in [3.63, 3.8) is 0 Å². The largest absolute Gasteiger partial charge is 0.479 e. The van der Waals surface area contributed by atoms with Crippen LogP contribution in [-0.4, -0.2) is 42.0 Å². The molecule has 0 saturated heterocycles. The topological polar surface area (TPSA) is 108 Å². The first-order chi connectivity index (χ1) is 8.00. The van der Waals surface area contributed by atoms with Gasteiger partial charge in [-0.3, -0.25) is 0 Å². The van der Waals surface area contributed by atoms with E-state index in [9.17, 15) is 15.0 Å². The molecule has 0 fully saturated rings. The molecule has 0 aromatic carbocycles. The summed E-state index contributed by atoms with van der Waals surface area (Å²) in [6, 6.07) is 1.49. The van der Waals surface area contributed by atoms with Crippen LogP contribution in [0.1, 0.15) is 11.7 Å². The van der Waals surface area contributed by atoms with Crippen LogP contribution >= 0.6 is 11.6 Å². The Bertz CT molecular complexity index is 570. The number of hydrogen-bond donors (Lipinski definition) is 3. The van der Waals surface area contributed by atoms with Crippen molar-refractivity contribution in [3.05, 3.63) is 29.2 Å². The minimum Gasteiger partial charge on any atom is -0.479 e. The SMILES string of the molecule is O=C(O)C(O)C(O)c1cnn2ccc(Cl)nc12. The molecule has 2 aromatic rings. The van der Waals surface area contributed by atoms with E-state index in [4.69, 9.17) is 16.7 Å². The molecule has 0 saturated carbocycles. The van der Waals surface area contributed by atoms with E-state index < -0.39 is 18.2 Å². The van der Waals surface area contributed by atoms with Crippen LogP contribution < -0.4 is 0 Å². The Hall–Kier alpha value is -1.70.